The van der Waals surface area contributed by atoms with Crippen LogP contribution < -0.4 is 4.74 Å². The highest BCUT2D eigenvalue weighted by molar-refractivity contribution is 5.94. The van der Waals surface area contributed by atoms with Crippen LogP contribution in [0.15, 0.2) is 24.3 Å². The van der Waals surface area contributed by atoms with Gasteiger partial charge in [-0.2, -0.15) is 0 Å². The molecule has 114 valence electrons. The topological polar surface area (TPSA) is 61.8 Å². The Morgan fingerprint density at radius 2 is 1.81 bits per heavy atom. The molecular weight excluding hydrogens is 272 g/mol. The van der Waals surface area contributed by atoms with Gasteiger partial charge in [0.05, 0.1) is 13.2 Å². The Morgan fingerprint density at radius 3 is 2.38 bits per heavy atom. The van der Waals surface area contributed by atoms with E-state index in [-0.39, 0.29) is 25.7 Å². The van der Waals surface area contributed by atoms with Gasteiger partial charge in [0.2, 0.25) is 0 Å². The molecule has 5 nitrogen and oxygen atoms in total. The fourth-order valence-electron chi connectivity index (χ4n) is 2.42. The molecule has 1 heterocycles. The molecule has 0 bridgehead atoms. The minimum absolute atomic E-state index is 0.207. The lowest BCUT2D eigenvalue weighted by molar-refractivity contribution is -0.162. The van der Waals surface area contributed by atoms with Crippen molar-refractivity contribution >= 4 is 11.9 Å². The van der Waals surface area contributed by atoms with Crippen LogP contribution in [0.2, 0.25) is 0 Å². The quantitative estimate of drug-likeness (QED) is 0.593. The lowest BCUT2D eigenvalue weighted by Crippen LogP contribution is -2.32. The average Bonchev–Trinajstić information content (AvgIpc) is 2.87. The summed E-state index contributed by atoms with van der Waals surface area (Å²) in [6.07, 6.45) is 0.749. The fraction of sp³-hybridized carbons (Fsp3) is 0.500. The van der Waals surface area contributed by atoms with Crippen LogP contribution in [-0.4, -0.2) is 31.3 Å². The van der Waals surface area contributed by atoms with E-state index in [1.807, 2.05) is 24.3 Å². The van der Waals surface area contributed by atoms with Crippen molar-refractivity contribution in [1.82, 2.24) is 0 Å². The van der Waals surface area contributed by atoms with Gasteiger partial charge in [-0.25, -0.2) is 0 Å². The van der Waals surface area contributed by atoms with Gasteiger partial charge in [0.25, 0.3) is 0 Å². The zero-order chi connectivity index (χ0) is 15.2. The number of esters is 2. The summed E-state index contributed by atoms with van der Waals surface area (Å²) in [6.45, 7) is 3.89. The fourth-order valence-corrected chi connectivity index (χ4v) is 2.42. The summed E-state index contributed by atoms with van der Waals surface area (Å²) in [6, 6.07) is 7.71. The Hall–Kier alpha value is -2.04. The monoisotopic (exact) mass is 292 g/mol. The van der Waals surface area contributed by atoms with E-state index in [1.165, 1.54) is 0 Å². The van der Waals surface area contributed by atoms with Crippen molar-refractivity contribution in [3.05, 3.63) is 29.8 Å². The predicted molar refractivity (Wildman–Crippen MR) is 75.9 cm³/mol. The summed E-state index contributed by atoms with van der Waals surface area (Å²) in [7, 11) is 0. The Balaban J connectivity index is 2.03. The summed E-state index contributed by atoms with van der Waals surface area (Å²) in [5, 5.41) is 0. The lowest BCUT2D eigenvalue weighted by atomic mass is 9.98. The number of carbonyl (C=O) groups is 2. The molecule has 1 unspecified atom stereocenters. The van der Waals surface area contributed by atoms with Crippen molar-refractivity contribution in [3.63, 3.8) is 0 Å². The first-order valence-corrected chi connectivity index (χ1v) is 7.23. The molecule has 0 saturated heterocycles. The molecule has 21 heavy (non-hydrogen) atoms. The third-order valence-corrected chi connectivity index (χ3v) is 3.35. The van der Waals surface area contributed by atoms with Crippen LogP contribution in [-0.2, 0) is 25.5 Å². The Labute approximate surface area is 124 Å². The van der Waals surface area contributed by atoms with Crippen LogP contribution in [0.3, 0.4) is 0 Å². The number of ether oxygens (including phenoxy) is 3. The van der Waals surface area contributed by atoms with Crippen LogP contribution in [0.4, 0.5) is 0 Å². The second kappa shape index (κ2) is 7.11. The van der Waals surface area contributed by atoms with Crippen molar-refractivity contribution in [1.29, 1.82) is 0 Å². The molecule has 0 N–H and O–H groups in total. The van der Waals surface area contributed by atoms with Crippen LogP contribution in [0.5, 0.6) is 5.75 Å². The summed E-state index contributed by atoms with van der Waals surface area (Å²) >= 11 is 0. The number of rotatable bonds is 6. The molecule has 0 spiro atoms. The second-order valence-electron chi connectivity index (χ2n) is 4.84. The molecule has 1 aromatic rings. The highest BCUT2D eigenvalue weighted by atomic mass is 16.6. The number of hydrogen-bond acceptors (Lipinski definition) is 5. The van der Waals surface area contributed by atoms with Gasteiger partial charge in [0.1, 0.15) is 11.9 Å². The molecule has 0 fully saturated rings. The van der Waals surface area contributed by atoms with Gasteiger partial charge < -0.3 is 14.2 Å². The molecule has 0 aromatic heterocycles. The van der Waals surface area contributed by atoms with Crippen LogP contribution in [0, 0.1) is 5.92 Å². The van der Waals surface area contributed by atoms with E-state index in [1.54, 1.807) is 13.8 Å². The number of fused-ring (bicyclic) bond motifs is 1. The van der Waals surface area contributed by atoms with Crippen molar-refractivity contribution in [2.24, 2.45) is 5.92 Å². The van der Waals surface area contributed by atoms with Crippen molar-refractivity contribution < 1.29 is 23.8 Å². The molecule has 2 rings (SSSR count). The summed E-state index contributed by atoms with van der Waals surface area (Å²) in [4.78, 5) is 23.9. The highest BCUT2D eigenvalue weighted by Gasteiger charge is 2.35. The van der Waals surface area contributed by atoms with Crippen molar-refractivity contribution in [2.45, 2.75) is 32.8 Å². The van der Waals surface area contributed by atoms with Crippen LogP contribution >= 0.6 is 0 Å². The maximum absolute atomic E-state index is 11.9. The first-order chi connectivity index (χ1) is 10.2. The molecule has 0 radical (unpaired) electrons. The van der Waals surface area contributed by atoms with Crippen molar-refractivity contribution in [2.75, 3.05) is 13.2 Å². The molecule has 1 aliphatic heterocycles. The molecule has 0 amide bonds. The molecule has 1 aliphatic rings. The minimum atomic E-state index is -0.927. The molecule has 1 aromatic carbocycles. The Kier molecular flexibility index (Phi) is 5.20. The van der Waals surface area contributed by atoms with Gasteiger partial charge in [0.15, 0.2) is 5.92 Å². The lowest BCUT2D eigenvalue weighted by Gasteiger charge is -2.18. The third kappa shape index (κ3) is 3.74. The van der Waals surface area contributed by atoms with E-state index in [0.29, 0.717) is 6.42 Å². The summed E-state index contributed by atoms with van der Waals surface area (Å²) in [5.41, 5.74) is 1.09. The first-order valence-electron chi connectivity index (χ1n) is 7.23. The van der Waals surface area contributed by atoms with E-state index in [2.05, 4.69) is 0 Å². The Bertz CT molecular complexity index is 468. The highest BCUT2D eigenvalue weighted by Crippen LogP contribution is 2.31. The molecule has 1 atom stereocenters. The van der Waals surface area contributed by atoms with E-state index < -0.39 is 17.9 Å². The second-order valence-corrected chi connectivity index (χ2v) is 4.84. The third-order valence-electron chi connectivity index (χ3n) is 3.35. The smallest absolute Gasteiger partial charge is 0.320 e. The van der Waals surface area contributed by atoms with Gasteiger partial charge in [-0.05, 0) is 25.5 Å². The summed E-state index contributed by atoms with van der Waals surface area (Å²) < 4.78 is 15.7. The number of hydrogen-bond donors (Lipinski definition) is 0. The average molecular weight is 292 g/mol. The predicted octanol–water partition coefficient (Wildman–Crippen LogP) is 2.12. The summed E-state index contributed by atoms with van der Waals surface area (Å²) in [5.74, 6) is -1.20. The number of para-hydroxylation sites is 1. The maximum atomic E-state index is 11.9. The van der Waals surface area contributed by atoms with Gasteiger partial charge in [-0.1, -0.05) is 18.2 Å². The first kappa shape index (κ1) is 15.4. The normalized spacial score (nSPS) is 16.2. The standard InChI is InChI=1S/C16H20O5/c1-3-19-15(17)13(16(18)20-4-2)10-12-9-11-7-5-6-8-14(11)21-12/h5-8,12-13H,3-4,9-10H2,1-2H3. The zero-order valence-electron chi connectivity index (χ0n) is 12.3. The van der Waals surface area contributed by atoms with Crippen LogP contribution in [0.25, 0.3) is 0 Å². The van der Waals surface area contributed by atoms with E-state index in [9.17, 15) is 9.59 Å². The SMILES string of the molecule is CCOC(=O)C(CC1Cc2ccccc2O1)C(=O)OCC. The number of benzene rings is 1. The van der Waals surface area contributed by atoms with Gasteiger partial charge >= 0.3 is 11.9 Å². The molecule has 0 aliphatic carbocycles. The Morgan fingerprint density at radius 1 is 1.19 bits per heavy atom. The zero-order valence-corrected chi connectivity index (χ0v) is 12.3. The van der Waals surface area contributed by atoms with Gasteiger partial charge in [-0.3, -0.25) is 9.59 Å². The van der Waals surface area contributed by atoms with E-state index >= 15 is 0 Å². The van der Waals surface area contributed by atoms with Crippen molar-refractivity contribution in [3.8, 4) is 5.75 Å². The van der Waals surface area contributed by atoms with E-state index in [0.717, 1.165) is 11.3 Å². The molecule has 0 saturated carbocycles. The van der Waals surface area contributed by atoms with Crippen LogP contribution in [0.1, 0.15) is 25.8 Å². The molecule has 5 heteroatoms. The van der Waals surface area contributed by atoms with Gasteiger partial charge in [-0.15, -0.1) is 0 Å². The maximum Gasteiger partial charge on any atom is 0.320 e. The number of carbonyl (C=O) groups excluding carboxylic acids is 2. The largest absolute Gasteiger partial charge is 0.490 e. The van der Waals surface area contributed by atoms with E-state index in [4.69, 9.17) is 14.2 Å². The van der Waals surface area contributed by atoms with Gasteiger partial charge in [0, 0.05) is 12.8 Å². The molecular formula is C16H20O5. The minimum Gasteiger partial charge on any atom is -0.490 e.